The van der Waals surface area contributed by atoms with Crippen LogP contribution in [0.1, 0.15) is 58.8 Å². The minimum atomic E-state index is -0.129. The molecule has 1 aliphatic heterocycles. The molecule has 2 aliphatic carbocycles. The zero-order valence-corrected chi connectivity index (χ0v) is 11.7. The SMILES string of the molecule is CC1(C)C(O)CC1NC1CCOC2(CCCC2)C1. The van der Waals surface area contributed by atoms with Crippen LogP contribution in [-0.4, -0.2) is 35.5 Å². The minimum absolute atomic E-state index is 0.0428. The van der Waals surface area contributed by atoms with E-state index in [1.54, 1.807) is 0 Å². The van der Waals surface area contributed by atoms with Crippen LogP contribution in [0.15, 0.2) is 0 Å². The Kier molecular flexibility index (Phi) is 3.20. The Labute approximate surface area is 110 Å². The maximum Gasteiger partial charge on any atom is 0.0697 e. The van der Waals surface area contributed by atoms with Gasteiger partial charge in [-0.25, -0.2) is 0 Å². The quantitative estimate of drug-likeness (QED) is 0.793. The monoisotopic (exact) mass is 253 g/mol. The van der Waals surface area contributed by atoms with Crippen LogP contribution < -0.4 is 5.32 Å². The van der Waals surface area contributed by atoms with Gasteiger partial charge in [-0.05, 0) is 32.1 Å². The van der Waals surface area contributed by atoms with Gasteiger partial charge in [-0.2, -0.15) is 0 Å². The average molecular weight is 253 g/mol. The van der Waals surface area contributed by atoms with Gasteiger partial charge in [-0.1, -0.05) is 26.7 Å². The zero-order valence-electron chi connectivity index (χ0n) is 11.7. The van der Waals surface area contributed by atoms with Gasteiger partial charge in [0.2, 0.25) is 0 Å². The molecule has 1 spiro atoms. The van der Waals surface area contributed by atoms with Gasteiger partial charge in [0.05, 0.1) is 11.7 Å². The first kappa shape index (κ1) is 12.9. The molecule has 3 heteroatoms. The molecule has 1 saturated heterocycles. The van der Waals surface area contributed by atoms with Crippen LogP contribution in [0.3, 0.4) is 0 Å². The van der Waals surface area contributed by atoms with Crippen LogP contribution in [0.25, 0.3) is 0 Å². The lowest BCUT2D eigenvalue weighted by atomic mass is 9.64. The van der Waals surface area contributed by atoms with Crippen molar-refractivity contribution in [3.05, 3.63) is 0 Å². The molecule has 0 bridgehead atoms. The Bertz CT molecular complexity index is 310. The Morgan fingerprint density at radius 1 is 1.22 bits per heavy atom. The average Bonchev–Trinajstić information content (AvgIpc) is 2.77. The summed E-state index contributed by atoms with van der Waals surface area (Å²) in [6, 6.07) is 1.07. The predicted octanol–water partition coefficient (Wildman–Crippen LogP) is 2.23. The molecule has 2 N–H and O–H groups in total. The molecule has 3 rings (SSSR count). The summed E-state index contributed by atoms with van der Waals surface area (Å²) in [5.41, 5.74) is 0.240. The van der Waals surface area contributed by atoms with Gasteiger partial charge >= 0.3 is 0 Å². The van der Waals surface area contributed by atoms with Crippen molar-refractivity contribution in [1.29, 1.82) is 0 Å². The third kappa shape index (κ3) is 2.10. The van der Waals surface area contributed by atoms with Crippen molar-refractivity contribution in [2.45, 2.75) is 82.6 Å². The summed E-state index contributed by atoms with van der Waals surface area (Å²) in [6.07, 6.45) is 8.26. The smallest absolute Gasteiger partial charge is 0.0697 e. The van der Waals surface area contributed by atoms with Crippen molar-refractivity contribution in [1.82, 2.24) is 5.32 Å². The Balaban J connectivity index is 1.57. The number of ether oxygens (including phenoxy) is 1. The molecule has 104 valence electrons. The standard InChI is InChI=1S/C15H27NO2/c1-14(2)12(9-13(14)17)16-11-5-8-18-15(10-11)6-3-4-7-15/h11-13,16-17H,3-10H2,1-2H3. The van der Waals surface area contributed by atoms with E-state index in [1.165, 1.54) is 32.1 Å². The van der Waals surface area contributed by atoms with E-state index in [9.17, 15) is 5.11 Å². The molecule has 0 radical (unpaired) electrons. The van der Waals surface area contributed by atoms with Gasteiger partial charge in [0, 0.05) is 24.1 Å². The molecule has 3 atom stereocenters. The van der Waals surface area contributed by atoms with Crippen molar-refractivity contribution in [3.8, 4) is 0 Å². The first-order valence-electron chi connectivity index (χ1n) is 7.60. The molecule has 18 heavy (non-hydrogen) atoms. The second kappa shape index (κ2) is 4.46. The molecule has 0 amide bonds. The third-order valence-corrected chi connectivity index (χ3v) is 5.66. The lowest BCUT2D eigenvalue weighted by molar-refractivity contribution is -0.106. The van der Waals surface area contributed by atoms with Crippen LogP contribution in [0.4, 0.5) is 0 Å². The second-order valence-electron chi connectivity index (χ2n) is 7.22. The summed E-state index contributed by atoms with van der Waals surface area (Å²) in [6.45, 7) is 5.25. The van der Waals surface area contributed by atoms with Gasteiger partial charge in [-0.3, -0.25) is 0 Å². The minimum Gasteiger partial charge on any atom is -0.392 e. The molecule has 0 aromatic rings. The molecule has 1 heterocycles. The predicted molar refractivity (Wildman–Crippen MR) is 71.5 cm³/mol. The fraction of sp³-hybridized carbons (Fsp3) is 1.00. The van der Waals surface area contributed by atoms with Crippen molar-refractivity contribution < 1.29 is 9.84 Å². The van der Waals surface area contributed by atoms with E-state index < -0.39 is 0 Å². The van der Waals surface area contributed by atoms with Gasteiger partial charge in [0.25, 0.3) is 0 Å². The van der Waals surface area contributed by atoms with Crippen molar-refractivity contribution in [2.24, 2.45) is 5.41 Å². The molecule has 3 aliphatic rings. The fourth-order valence-electron chi connectivity index (χ4n) is 4.01. The summed E-state index contributed by atoms with van der Waals surface area (Å²) < 4.78 is 6.07. The zero-order chi connectivity index (χ0) is 12.8. The molecular weight excluding hydrogens is 226 g/mol. The lowest BCUT2D eigenvalue weighted by Gasteiger charge is -2.52. The molecule has 0 aromatic heterocycles. The van der Waals surface area contributed by atoms with Crippen LogP contribution in [-0.2, 0) is 4.74 Å². The molecular formula is C15H27NO2. The maximum atomic E-state index is 9.82. The fourth-order valence-corrected chi connectivity index (χ4v) is 4.01. The normalized spacial score (nSPS) is 41.8. The highest BCUT2D eigenvalue weighted by Gasteiger charge is 2.49. The summed E-state index contributed by atoms with van der Waals surface area (Å²) in [4.78, 5) is 0. The molecule has 3 unspecified atom stereocenters. The lowest BCUT2D eigenvalue weighted by Crippen LogP contribution is -2.63. The van der Waals surface area contributed by atoms with E-state index in [1.807, 2.05) is 0 Å². The van der Waals surface area contributed by atoms with Gasteiger partial charge < -0.3 is 15.2 Å². The van der Waals surface area contributed by atoms with E-state index in [0.29, 0.717) is 12.1 Å². The van der Waals surface area contributed by atoms with Gasteiger partial charge in [0.15, 0.2) is 0 Å². The molecule has 3 nitrogen and oxygen atoms in total. The number of hydrogen-bond acceptors (Lipinski definition) is 3. The number of rotatable bonds is 2. The molecule has 3 fully saturated rings. The van der Waals surface area contributed by atoms with E-state index in [2.05, 4.69) is 19.2 Å². The van der Waals surface area contributed by atoms with Crippen LogP contribution in [0, 0.1) is 5.41 Å². The van der Waals surface area contributed by atoms with E-state index in [4.69, 9.17) is 4.74 Å². The molecule has 0 aromatic carbocycles. The largest absolute Gasteiger partial charge is 0.392 e. The summed E-state index contributed by atoms with van der Waals surface area (Å²) in [5, 5.41) is 13.6. The Morgan fingerprint density at radius 2 is 1.94 bits per heavy atom. The highest BCUT2D eigenvalue weighted by atomic mass is 16.5. The summed E-state index contributed by atoms with van der Waals surface area (Å²) >= 11 is 0. The van der Waals surface area contributed by atoms with Crippen LogP contribution >= 0.6 is 0 Å². The van der Waals surface area contributed by atoms with Crippen LogP contribution in [0.5, 0.6) is 0 Å². The highest BCUT2D eigenvalue weighted by molar-refractivity contribution is 5.04. The van der Waals surface area contributed by atoms with Crippen molar-refractivity contribution in [3.63, 3.8) is 0 Å². The topological polar surface area (TPSA) is 41.5 Å². The molecule has 2 saturated carbocycles. The first-order valence-corrected chi connectivity index (χ1v) is 7.60. The summed E-state index contributed by atoms with van der Waals surface area (Å²) in [7, 11) is 0. The van der Waals surface area contributed by atoms with Crippen LogP contribution in [0.2, 0.25) is 0 Å². The van der Waals surface area contributed by atoms with E-state index in [0.717, 1.165) is 19.4 Å². The van der Waals surface area contributed by atoms with Crippen molar-refractivity contribution in [2.75, 3.05) is 6.61 Å². The number of nitrogens with one attached hydrogen (secondary N) is 1. The van der Waals surface area contributed by atoms with Crippen molar-refractivity contribution >= 4 is 0 Å². The first-order chi connectivity index (χ1) is 8.52. The van der Waals surface area contributed by atoms with E-state index >= 15 is 0 Å². The highest BCUT2D eigenvalue weighted by Crippen LogP contribution is 2.43. The van der Waals surface area contributed by atoms with Gasteiger partial charge in [-0.15, -0.1) is 0 Å². The van der Waals surface area contributed by atoms with E-state index in [-0.39, 0.29) is 17.1 Å². The maximum absolute atomic E-state index is 9.82. The number of aliphatic hydroxyl groups is 1. The van der Waals surface area contributed by atoms with Gasteiger partial charge in [0.1, 0.15) is 0 Å². The number of aliphatic hydroxyl groups excluding tert-OH is 1. The number of hydrogen-bond donors (Lipinski definition) is 2. The third-order valence-electron chi connectivity index (χ3n) is 5.66. The Hall–Kier alpha value is -0.120. The summed E-state index contributed by atoms with van der Waals surface area (Å²) in [5.74, 6) is 0. The Morgan fingerprint density at radius 3 is 2.56 bits per heavy atom. The second-order valence-corrected chi connectivity index (χ2v) is 7.22.